The summed E-state index contributed by atoms with van der Waals surface area (Å²) >= 11 is 0. The summed E-state index contributed by atoms with van der Waals surface area (Å²) in [7, 11) is 0. The second-order valence-corrected chi connectivity index (χ2v) is 5.15. The minimum atomic E-state index is -0.893. The molecular weight excluding hydrogens is 264 g/mol. The number of carboxylic acids is 1. The third-order valence-electron chi connectivity index (χ3n) is 3.46. The van der Waals surface area contributed by atoms with Gasteiger partial charge in [0.1, 0.15) is 0 Å². The average Bonchev–Trinajstić information content (AvgIpc) is 2.43. The van der Waals surface area contributed by atoms with Crippen LogP contribution < -0.4 is 5.32 Å². The molecule has 1 rings (SSSR count). The van der Waals surface area contributed by atoms with Crippen LogP contribution in [0.1, 0.15) is 26.7 Å². The van der Waals surface area contributed by atoms with Gasteiger partial charge in [0.15, 0.2) is 0 Å². The Bertz CT molecular complexity index is 337. The highest BCUT2D eigenvalue weighted by atomic mass is 16.5. The summed E-state index contributed by atoms with van der Waals surface area (Å²) in [5.74, 6) is -1.45. The zero-order valence-corrected chi connectivity index (χ0v) is 12.0. The number of nitrogens with one attached hydrogen (secondary N) is 1. The summed E-state index contributed by atoms with van der Waals surface area (Å²) in [4.78, 5) is 24.7. The zero-order valence-electron chi connectivity index (χ0n) is 12.0. The summed E-state index contributed by atoms with van der Waals surface area (Å²) in [5.41, 5.74) is 0. The van der Waals surface area contributed by atoms with Gasteiger partial charge in [0, 0.05) is 6.54 Å². The Morgan fingerprint density at radius 3 is 2.75 bits per heavy atom. The van der Waals surface area contributed by atoms with Crippen molar-refractivity contribution in [3.8, 4) is 0 Å². The van der Waals surface area contributed by atoms with Gasteiger partial charge in [-0.3, -0.25) is 4.79 Å². The van der Waals surface area contributed by atoms with Crippen LogP contribution in [0.25, 0.3) is 0 Å². The third-order valence-corrected chi connectivity index (χ3v) is 3.46. The summed E-state index contributed by atoms with van der Waals surface area (Å²) in [6.07, 6.45) is 0.920. The van der Waals surface area contributed by atoms with Crippen molar-refractivity contribution < 1.29 is 24.5 Å². The number of aliphatic carboxylic acids is 1. The first-order valence-corrected chi connectivity index (χ1v) is 6.99. The summed E-state index contributed by atoms with van der Waals surface area (Å²) in [6, 6.07) is -0.395. The van der Waals surface area contributed by atoms with Crippen molar-refractivity contribution >= 4 is 12.0 Å². The molecule has 1 aliphatic rings. The van der Waals surface area contributed by atoms with Gasteiger partial charge in [0.2, 0.25) is 0 Å². The number of rotatable bonds is 6. The Balaban J connectivity index is 2.49. The molecule has 0 aliphatic carbocycles. The lowest BCUT2D eigenvalue weighted by atomic mass is 10.0. The molecule has 7 heteroatoms. The van der Waals surface area contributed by atoms with E-state index >= 15 is 0 Å². The molecule has 0 aromatic heterocycles. The maximum absolute atomic E-state index is 12.1. The monoisotopic (exact) mass is 288 g/mol. The van der Waals surface area contributed by atoms with Gasteiger partial charge in [-0.25, -0.2) is 4.79 Å². The molecule has 7 nitrogen and oxygen atoms in total. The number of carboxylic acid groups (broad SMARTS) is 1. The molecule has 0 radical (unpaired) electrons. The van der Waals surface area contributed by atoms with Gasteiger partial charge in [-0.05, 0) is 13.3 Å². The van der Waals surface area contributed by atoms with E-state index in [-0.39, 0.29) is 31.3 Å². The van der Waals surface area contributed by atoms with Gasteiger partial charge in [-0.15, -0.1) is 0 Å². The number of aliphatic hydroxyl groups is 1. The van der Waals surface area contributed by atoms with E-state index in [9.17, 15) is 9.59 Å². The Morgan fingerprint density at radius 2 is 2.20 bits per heavy atom. The fourth-order valence-corrected chi connectivity index (χ4v) is 2.18. The fraction of sp³-hybridized carbons (Fsp3) is 0.846. The number of amides is 2. The van der Waals surface area contributed by atoms with Crippen molar-refractivity contribution in [2.75, 3.05) is 26.3 Å². The maximum atomic E-state index is 12.1. The standard InChI is InChI=1S/C13H24N2O5/c1-3-4-10(12(17)18)5-14-13(19)15-6-11(7-16)20-8-9(15)2/h9-11,16H,3-8H2,1-2H3,(H,14,19)(H,17,18). The largest absolute Gasteiger partial charge is 0.481 e. The predicted molar refractivity (Wildman–Crippen MR) is 72.4 cm³/mol. The Labute approximate surface area is 118 Å². The first-order valence-electron chi connectivity index (χ1n) is 6.99. The lowest BCUT2D eigenvalue weighted by molar-refractivity contribution is -0.141. The van der Waals surface area contributed by atoms with E-state index in [0.717, 1.165) is 6.42 Å². The van der Waals surface area contributed by atoms with Crippen molar-refractivity contribution in [2.45, 2.75) is 38.8 Å². The molecule has 1 aliphatic heterocycles. The molecule has 1 saturated heterocycles. The van der Waals surface area contributed by atoms with Crippen LogP contribution in [0.3, 0.4) is 0 Å². The summed E-state index contributed by atoms with van der Waals surface area (Å²) < 4.78 is 5.36. The SMILES string of the molecule is CCCC(CNC(=O)N1CC(CO)OCC1C)C(=O)O. The van der Waals surface area contributed by atoms with E-state index < -0.39 is 11.9 Å². The normalized spacial score (nSPS) is 24.2. The molecule has 0 saturated carbocycles. The molecule has 0 bridgehead atoms. The van der Waals surface area contributed by atoms with Crippen LogP contribution in [0.5, 0.6) is 0 Å². The molecule has 1 fully saturated rings. The van der Waals surface area contributed by atoms with Crippen molar-refractivity contribution in [3.05, 3.63) is 0 Å². The molecule has 20 heavy (non-hydrogen) atoms. The van der Waals surface area contributed by atoms with E-state index in [0.29, 0.717) is 19.6 Å². The number of hydrogen-bond acceptors (Lipinski definition) is 4. The third kappa shape index (κ3) is 4.64. The second-order valence-electron chi connectivity index (χ2n) is 5.15. The van der Waals surface area contributed by atoms with Crippen molar-refractivity contribution in [1.82, 2.24) is 10.2 Å². The number of urea groups is 1. The number of carbonyl (C=O) groups excluding carboxylic acids is 1. The second kappa shape index (κ2) is 8.06. The van der Waals surface area contributed by atoms with Crippen LogP contribution in [-0.4, -0.2) is 65.6 Å². The first-order chi connectivity index (χ1) is 9.49. The maximum Gasteiger partial charge on any atom is 0.317 e. The molecule has 116 valence electrons. The van der Waals surface area contributed by atoms with Gasteiger partial charge < -0.3 is 25.2 Å². The number of morpholine rings is 1. The van der Waals surface area contributed by atoms with Crippen LogP contribution in [0.2, 0.25) is 0 Å². The number of nitrogens with zero attached hydrogens (tertiary/aromatic N) is 1. The molecule has 0 aromatic carbocycles. The quantitative estimate of drug-likeness (QED) is 0.652. The molecule has 3 N–H and O–H groups in total. The van der Waals surface area contributed by atoms with Crippen LogP contribution in [-0.2, 0) is 9.53 Å². The number of hydrogen-bond donors (Lipinski definition) is 3. The number of carbonyl (C=O) groups is 2. The Hall–Kier alpha value is -1.34. The topological polar surface area (TPSA) is 99.1 Å². The van der Waals surface area contributed by atoms with Gasteiger partial charge in [-0.1, -0.05) is 13.3 Å². The van der Waals surface area contributed by atoms with Crippen LogP contribution in [0.15, 0.2) is 0 Å². The predicted octanol–water partition coefficient (Wildman–Crippen LogP) is 0.279. The van der Waals surface area contributed by atoms with E-state index in [1.54, 1.807) is 4.90 Å². The first kappa shape index (κ1) is 16.7. The smallest absolute Gasteiger partial charge is 0.317 e. The van der Waals surface area contributed by atoms with Crippen LogP contribution in [0, 0.1) is 5.92 Å². The number of aliphatic hydroxyl groups excluding tert-OH is 1. The molecular formula is C13H24N2O5. The Kier molecular flexibility index (Phi) is 6.74. The molecule has 1 heterocycles. The molecule has 3 atom stereocenters. The van der Waals surface area contributed by atoms with Crippen molar-refractivity contribution in [2.24, 2.45) is 5.92 Å². The van der Waals surface area contributed by atoms with E-state index in [4.69, 9.17) is 14.9 Å². The molecule has 3 unspecified atom stereocenters. The zero-order chi connectivity index (χ0) is 15.1. The van der Waals surface area contributed by atoms with Crippen LogP contribution >= 0.6 is 0 Å². The highest BCUT2D eigenvalue weighted by Crippen LogP contribution is 2.12. The average molecular weight is 288 g/mol. The van der Waals surface area contributed by atoms with Crippen LogP contribution in [0.4, 0.5) is 4.79 Å². The van der Waals surface area contributed by atoms with Gasteiger partial charge in [-0.2, -0.15) is 0 Å². The highest BCUT2D eigenvalue weighted by molar-refractivity contribution is 5.76. The lowest BCUT2D eigenvalue weighted by Crippen LogP contribution is -2.55. The van der Waals surface area contributed by atoms with Crippen molar-refractivity contribution in [3.63, 3.8) is 0 Å². The highest BCUT2D eigenvalue weighted by Gasteiger charge is 2.29. The summed E-state index contributed by atoms with van der Waals surface area (Å²) in [5, 5.41) is 20.8. The van der Waals surface area contributed by atoms with Gasteiger partial charge in [0.05, 0.1) is 37.8 Å². The molecule has 2 amide bonds. The molecule has 0 spiro atoms. The number of ether oxygens (including phenoxy) is 1. The summed E-state index contributed by atoms with van der Waals surface area (Å²) in [6.45, 7) is 4.44. The Morgan fingerprint density at radius 1 is 1.50 bits per heavy atom. The van der Waals surface area contributed by atoms with E-state index in [1.807, 2.05) is 13.8 Å². The molecule has 0 aromatic rings. The van der Waals surface area contributed by atoms with Gasteiger partial charge >= 0.3 is 12.0 Å². The minimum absolute atomic E-state index is 0.0905. The van der Waals surface area contributed by atoms with Crippen molar-refractivity contribution in [1.29, 1.82) is 0 Å². The minimum Gasteiger partial charge on any atom is -0.481 e. The van der Waals surface area contributed by atoms with Gasteiger partial charge in [0.25, 0.3) is 0 Å². The van der Waals surface area contributed by atoms with E-state index in [1.165, 1.54) is 0 Å². The van der Waals surface area contributed by atoms with E-state index in [2.05, 4.69) is 5.32 Å². The fourth-order valence-electron chi connectivity index (χ4n) is 2.18. The lowest BCUT2D eigenvalue weighted by Gasteiger charge is -2.37.